The summed E-state index contributed by atoms with van der Waals surface area (Å²) in [5.74, 6) is -0.757. The summed E-state index contributed by atoms with van der Waals surface area (Å²) in [7, 11) is 0. The van der Waals surface area contributed by atoms with Crippen LogP contribution in [0, 0.1) is 17.3 Å². The highest BCUT2D eigenvalue weighted by Gasteiger charge is 2.37. The second-order valence-electron chi connectivity index (χ2n) is 8.01. The maximum atomic E-state index is 11.6. The number of benzene rings is 1. The van der Waals surface area contributed by atoms with Gasteiger partial charge in [0.15, 0.2) is 0 Å². The van der Waals surface area contributed by atoms with E-state index in [4.69, 9.17) is 17.3 Å². The molecule has 1 aromatic rings. The zero-order chi connectivity index (χ0) is 19.3. The molecule has 0 aliphatic carbocycles. The molecule has 1 aliphatic rings. The van der Waals surface area contributed by atoms with E-state index in [1.54, 1.807) is 18.3 Å². The van der Waals surface area contributed by atoms with E-state index in [1.807, 2.05) is 12.1 Å². The zero-order valence-corrected chi connectivity index (χ0v) is 16.4. The fourth-order valence-electron chi connectivity index (χ4n) is 3.23. The van der Waals surface area contributed by atoms with Crippen LogP contribution in [0.3, 0.4) is 0 Å². The minimum absolute atomic E-state index is 0.0633. The number of nitrogens with zero attached hydrogens (tertiary/aromatic N) is 2. The second-order valence-corrected chi connectivity index (χ2v) is 8.44. The van der Waals surface area contributed by atoms with E-state index in [0.717, 1.165) is 17.8 Å². The molecule has 2 unspecified atom stereocenters. The number of piperidine rings is 1. The van der Waals surface area contributed by atoms with Crippen LogP contribution in [0.25, 0.3) is 0 Å². The molecule has 0 amide bonds. The highest BCUT2D eigenvalue weighted by Crippen LogP contribution is 2.35. The van der Waals surface area contributed by atoms with Gasteiger partial charge in [-0.1, -0.05) is 38.4 Å². The number of nitrogens with two attached hydrogens (primary N) is 1. The molecular weight excluding hydrogens is 350 g/mol. The number of aliphatic carboxylic acids is 1. The van der Waals surface area contributed by atoms with Gasteiger partial charge in [0.2, 0.25) is 0 Å². The summed E-state index contributed by atoms with van der Waals surface area (Å²) in [6.45, 7) is 8.47. The number of likely N-dealkylation sites (tertiary alicyclic amines) is 1. The Bertz CT molecular complexity index is 695. The first kappa shape index (κ1) is 20.5. The molecule has 2 atom stereocenters. The third-order valence-corrected chi connectivity index (χ3v) is 5.14. The monoisotopic (exact) mass is 377 g/mol. The summed E-state index contributed by atoms with van der Waals surface area (Å²) in [5, 5.41) is 10.1. The van der Waals surface area contributed by atoms with Crippen molar-refractivity contribution in [2.75, 3.05) is 19.6 Å². The maximum Gasteiger partial charge on any atom is 0.307 e. The Morgan fingerprint density at radius 3 is 2.73 bits per heavy atom. The molecule has 2 rings (SSSR count). The van der Waals surface area contributed by atoms with Crippen molar-refractivity contribution >= 4 is 29.5 Å². The fourth-order valence-corrected chi connectivity index (χ4v) is 3.42. The first-order valence-corrected chi connectivity index (χ1v) is 9.22. The lowest BCUT2D eigenvalue weighted by Crippen LogP contribution is -2.47. The lowest BCUT2D eigenvalue weighted by Gasteiger charge is -2.42. The average Bonchev–Trinajstić information content (AvgIpc) is 2.57. The van der Waals surface area contributed by atoms with Crippen LogP contribution in [0.1, 0.15) is 27.2 Å². The molecule has 5 nitrogen and oxygen atoms in total. The van der Waals surface area contributed by atoms with Crippen molar-refractivity contribution in [2.24, 2.45) is 28.0 Å². The molecule has 1 aromatic carbocycles. The SMILES string of the molecule is CC(C)(C)C1CC(C(=O)O)CN(C/C(C=Nc2cccc(Cl)c2)=C/N)C1. The molecule has 6 heteroatoms. The van der Waals surface area contributed by atoms with Crippen LogP contribution in [-0.4, -0.2) is 41.8 Å². The smallest absolute Gasteiger partial charge is 0.307 e. The molecule has 3 N–H and O–H groups in total. The number of rotatable bonds is 5. The van der Waals surface area contributed by atoms with Gasteiger partial charge in [0.05, 0.1) is 11.6 Å². The molecule has 1 aliphatic heterocycles. The summed E-state index contributed by atoms with van der Waals surface area (Å²) in [5.41, 5.74) is 7.45. The molecule has 26 heavy (non-hydrogen) atoms. The topological polar surface area (TPSA) is 78.9 Å². The maximum absolute atomic E-state index is 11.6. The molecule has 0 saturated carbocycles. The summed E-state index contributed by atoms with van der Waals surface area (Å²) >= 11 is 5.98. The number of carboxylic acids is 1. The quantitative estimate of drug-likeness (QED) is 0.761. The molecule has 142 valence electrons. The predicted molar refractivity (Wildman–Crippen MR) is 107 cm³/mol. The Morgan fingerprint density at radius 2 is 2.15 bits per heavy atom. The second kappa shape index (κ2) is 8.69. The van der Waals surface area contributed by atoms with Crippen molar-refractivity contribution in [2.45, 2.75) is 27.2 Å². The number of carboxylic acid groups (broad SMARTS) is 1. The van der Waals surface area contributed by atoms with Gasteiger partial charge in [-0.25, -0.2) is 0 Å². The van der Waals surface area contributed by atoms with E-state index in [-0.39, 0.29) is 11.3 Å². The van der Waals surface area contributed by atoms with Crippen LogP contribution in [-0.2, 0) is 4.79 Å². The van der Waals surface area contributed by atoms with Crippen LogP contribution in [0.15, 0.2) is 41.0 Å². The van der Waals surface area contributed by atoms with Gasteiger partial charge in [0.1, 0.15) is 0 Å². The lowest BCUT2D eigenvalue weighted by molar-refractivity contribution is -0.145. The van der Waals surface area contributed by atoms with Gasteiger partial charge in [0, 0.05) is 30.9 Å². The van der Waals surface area contributed by atoms with Crippen molar-refractivity contribution in [1.29, 1.82) is 0 Å². The number of halogens is 1. The van der Waals surface area contributed by atoms with Gasteiger partial charge >= 0.3 is 5.97 Å². The van der Waals surface area contributed by atoms with E-state index in [2.05, 4.69) is 30.7 Å². The van der Waals surface area contributed by atoms with Gasteiger partial charge in [-0.15, -0.1) is 0 Å². The molecule has 0 bridgehead atoms. The number of aliphatic imine (C=N–C) groups is 1. The van der Waals surface area contributed by atoms with E-state index in [9.17, 15) is 9.90 Å². The minimum atomic E-state index is -0.727. The molecule has 0 radical (unpaired) electrons. The summed E-state index contributed by atoms with van der Waals surface area (Å²) in [4.78, 5) is 18.2. The van der Waals surface area contributed by atoms with Gasteiger partial charge < -0.3 is 10.8 Å². The standard InChI is InChI=1S/C20H28ClN3O2/c1-20(2,3)16-7-15(19(25)26)12-24(13-16)11-14(9-22)10-23-18-6-4-5-17(21)8-18/h4-6,8-10,15-16H,7,11-13,22H2,1-3H3,(H,25,26)/b14-9+,23-10?. The zero-order valence-electron chi connectivity index (χ0n) is 15.7. The lowest BCUT2D eigenvalue weighted by atomic mass is 9.73. The highest BCUT2D eigenvalue weighted by molar-refractivity contribution is 6.30. The van der Waals surface area contributed by atoms with Crippen molar-refractivity contribution in [1.82, 2.24) is 4.90 Å². The molecule has 0 spiro atoms. The average molecular weight is 378 g/mol. The van der Waals surface area contributed by atoms with E-state index < -0.39 is 5.97 Å². The van der Waals surface area contributed by atoms with Crippen LogP contribution in [0.4, 0.5) is 5.69 Å². The van der Waals surface area contributed by atoms with E-state index in [0.29, 0.717) is 30.5 Å². The predicted octanol–water partition coefficient (Wildman–Crippen LogP) is 3.95. The third kappa shape index (κ3) is 5.85. The highest BCUT2D eigenvalue weighted by atomic mass is 35.5. The summed E-state index contributed by atoms with van der Waals surface area (Å²) < 4.78 is 0. The van der Waals surface area contributed by atoms with Gasteiger partial charge in [-0.3, -0.25) is 14.7 Å². The van der Waals surface area contributed by atoms with Crippen LogP contribution < -0.4 is 5.73 Å². The van der Waals surface area contributed by atoms with Crippen LogP contribution in [0.2, 0.25) is 5.02 Å². The third-order valence-electron chi connectivity index (χ3n) is 4.91. The van der Waals surface area contributed by atoms with Gasteiger partial charge in [-0.05, 0) is 47.7 Å². The number of hydrogen-bond donors (Lipinski definition) is 2. The summed E-state index contributed by atoms with van der Waals surface area (Å²) in [6.07, 6.45) is 3.97. The molecule has 1 saturated heterocycles. The first-order chi connectivity index (χ1) is 12.2. The first-order valence-electron chi connectivity index (χ1n) is 8.84. The normalized spacial score (nSPS) is 22.7. The van der Waals surface area contributed by atoms with Crippen molar-refractivity contribution in [3.63, 3.8) is 0 Å². The van der Waals surface area contributed by atoms with Crippen LogP contribution in [0.5, 0.6) is 0 Å². The molecule has 1 fully saturated rings. The van der Waals surface area contributed by atoms with Crippen molar-refractivity contribution in [3.05, 3.63) is 41.1 Å². The van der Waals surface area contributed by atoms with Crippen molar-refractivity contribution < 1.29 is 9.90 Å². The Hall–Kier alpha value is -1.85. The summed E-state index contributed by atoms with van der Waals surface area (Å²) in [6, 6.07) is 7.29. The molecule has 0 aromatic heterocycles. The fraction of sp³-hybridized carbons (Fsp3) is 0.500. The number of carbonyl (C=O) groups is 1. The Morgan fingerprint density at radius 1 is 1.42 bits per heavy atom. The van der Waals surface area contributed by atoms with E-state index in [1.165, 1.54) is 6.20 Å². The van der Waals surface area contributed by atoms with Crippen molar-refractivity contribution in [3.8, 4) is 0 Å². The van der Waals surface area contributed by atoms with Crippen LogP contribution >= 0.6 is 11.6 Å². The largest absolute Gasteiger partial charge is 0.481 e. The van der Waals surface area contributed by atoms with Gasteiger partial charge in [-0.2, -0.15) is 0 Å². The van der Waals surface area contributed by atoms with E-state index >= 15 is 0 Å². The van der Waals surface area contributed by atoms with Gasteiger partial charge in [0.25, 0.3) is 0 Å². The Kier molecular flexibility index (Phi) is 6.84. The minimum Gasteiger partial charge on any atom is -0.481 e. The molecule has 1 heterocycles. The molecular formula is C20H28ClN3O2. The Labute approximate surface area is 160 Å². The number of hydrogen-bond acceptors (Lipinski definition) is 4. The Balaban J connectivity index is 2.09.